The molecule has 8 heteroatoms. The Labute approximate surface area is 165 Å². The fourth-order valence-electron chi connectivity index (χ4n) is 3.80. The smallest absolute Gasteiger partial charge is 0.321 e. The zero-order valence-corrected chi connectivity index (χ0v) is 16.2. The van der Waals surface area contributed by atoms with Crippen molar-refractivity contribution < 1.29 is 14.0 Å². The van der Waals surface area contributed by atoms with Gasteiger partial charge in [0, 0.05) is 31.7 Å². The molecule has 0 radical (unpaired) electrons. The highest BCUT2D eigenvalue weighted by Crippen LogP contribution is 2.22. The Morgan fingerprint density at radius 1 is 1.22 bits per heavy atom. The van der Waals surface area contributed by atoms with Crippen molar-refractivity contribution >= 4 is 24.3 Å². The van der Waals surface area contributed by atoms with Crippen LogP contribution in [0, 0.1) is 5.82 Å². The second-order valence-electron chi connectivity index (χ2n) is 7.10. The standard InChI is InChI=1S/C19H27FN4O2.ClH/c20-15-6-4-5-14(11-15)17-12-21-9-10-24(17)13-18(25)23-19(26)22-16-7-2-1-3-8-16;/h4-6,11,16-17,21H,1-3,7-10,12-13H2,(H2,22,23,25,26);1H. The molecule has 27 heavy (non-hydrogen) atoms. The minimum absolute atomic E-state index is 0. The molecule has 2 fully saturated rings. The van der Waals surface area contributed by atoms with Gasteiger partial charge in [-0.3, -0.25) is 15.0 Å². The number of rotatable bonds is 4. The fourth-order valence-corrected chi connectivity index (χ4v) is 3.80. The molecule has 0 spiro atoms. The second-order valence-corrected chi connectivity index (χ2v) is 7.10. The summed E-state index contributed by atoms with van der Waals surface area (Å²) in [5.41, 5.74) is 0.830. The Kier molecular flexibility index (Phi) is 8.47. The number of piperazine rings is 1. The van der Waals surface area contributed by atoms with E-state index in [9.17, 15) is 14.0 Å². The third kappa shape index (κ3) is 6.45. The Bertz CT molecular complexity index is 640. The number of nitrogens with one attached hydrogen (secondary N) is 3. The van der Waals surface area contributed by atoms with Gasteiger partial charge < -0.3 is 10.6 Å². The number of urea groups is 1. The van der Waals surface area contributed by atoms with Crippen molar-refractivity contribution in [1.82, 2.24) is 20.9 Å². The van der Waals surface area contributed by atoms with Crippen LogP contribution in [0.25, 0.3) is 0 Å². The van der Waals surface area contributed by atoms with Gasteiger partial charge in [0.15, 0.2) is 0 Å². The van der Waals surface area contributed by atoms with Crippen molar-refractivity contribution in [3.05, 3.63) is 35.6 Å². The summed E-state index contributed by atoms with van der Waals surface area (Å²) in [6.07, 6.45) is 5.40. The van der Waals surface area contributed by atoms with E-state index >= 15 is 0 Å². The molecule has 3 N–H and O–H groups in total. The second kappa shape index (κ2) is 10.6. The lowest BCUT2D eigenvalue weighted by atomic mass is 9.96. The molecule has 1 aromatic carbocycles. The van der Waals surface area contributed by atoms with Crippen LogP contribution < -0.4 is 16.0 Å². The van der Waals surface area contributed by atoms with Crippen molar-refractivity contribution in [2.45, 2.75) is 44.2 Å². The molecule has 6 nitrogen and oxygen atoms in total. The van der Waals surface area contributed by atoms with Gasteiger partial charge in [0.2, 0.25) is 5.91 Å². The first-order valence-electron chi connectivity index (χ1n) is 9.42. The molecule has 1 saturated carbocycles. The highest BCUT2D eigenvalue weighted by Gasteiger charge is 2.26. The number of carbonyl (C=O) groups excluding carboxylic acids is 2. The summed E-state index contributed by atoms with van der Waals surface area (Å²) in [6, 6.07) is 6.10. The average Bonchev–Trinajstić information content (AvgIpc) is 2.62. The molecule has 1 aliphatic heterocycles. The van der Waals surface area contributed by atoms with Gasteiger partial charge in [-0.1, -0.05) is 31.4 Å². The maximum Gasteiger partial charge on any atom is 0.321 e. The summed E-state index contributed by atoms with van der Waals surface area (Å²) in [4.78, 5) is 26.3. The van der Waals surface area contributed by atoms with Crippen LogP contribution in [0.3, 0.4) is 0 Å². The molecule has 1 aromatic rings. The third-order valence-electron chi connectivity index (χ3n) is 5.13. The van der Waals surface area contributed by atoms with Crippen molar-refractivity contribution in [3.8, 4) is 0 Å². The molecule has 3 rings (SSSR count). The Morgan fingerprint density at radius 2 is 2.00 bits per heavy atom. The number of carbonyl (C=O) groups is 2. The lowest BCUT2D eigenvalue weighted by Crippen LogP contribution is -2.52. The number of imide groups is 1. The number of halogens is 2. The van der Waals surface area contributed by atoms with E-state index < -0.39 is 6.03 Å². The lowest BCUT2D eigenvalue weighted by Gasteiger charge is -2.36. The normalized spacial score (nSPS) is 21.1. The Hall–Kier alpha value is -1.70. The molecule has 150 valence electrons. The van der Waals surface area contributed by atoms with Gasteiger partial charge in [-0.25, -0.2) is 9.18 Å². The van der Waals surface area contributed by atoms with Gasteiger partial charge >= 0.3 is 6.03 Å². The van der Waals surface area contributed by atoms with Crippen LogP contribution in [0.4, 0.5) is 9.18 Å². The minimum atomic E-state index is -0.417. The summed E-state index contributed by atoms with van der Waals surface area (Å²) in [7, 11) is 0. The van der Waals surface area contributed by atoms with Crippen LogP contribution in [0.5, 0.6) is 0 Å². The number of hydrogen-bond donors (Lipinski definition) is 3. The van der Waals surface area contributed by atoms with Crippen LogP contribution in [-0.4, -0.2) is 49.1 Å². The zero-order valence-electron chi connectivity index (χ0n) is 15.4. The molecule has 0 aromatic heterocycles. The first kappa shape index (κ1) is 21.6. The highest BCUT2D eigenvalue weighted by molar-refractivity contribution is 5.95. The van der Waals surface area contributed by atoms with E-state index in [4.69, 9.17) is 0 Å². The largest absolute Gasteiger partial charge is 0.335 e. The van der Waals surface area contributed by atoms with Crippen molar-refractivity contribution in [2.24, 2.45) is 0 Å². The van der Waals surface area contributed by atoms with Gasteiger partial charge in [-0.2, -0.15) is 0 Å². The van der Waals surface area contributed by atoms with E-state index in [0.29, 0.717) is 13.1 Å². The van der Waals surface area contributed by atoms with Crippen LogP contribution >= 0.6 is 12.4 Å². The molecular formula is C19H28ClFN4O2. The van der Waals surface area contributed by atoms with Crippen LogP contribution in [0.1, 0.15) is 43.7 Å². The summed E-state index contributed by atoms with van der Waals surface area (Å²) >= 11 is 0. The molecule has 1 atom stereocenters. The van der Waals surface area contributed by atoms with E-state index in [2.05, 4.69) is 16.0 Å². The first-order valence-corrected chi connectivity index (χ1v) is 9.42. The van der Waals surface area contributed by atoms with Crippen molar-refractivity contribution in [2.75, 3.05) is 26.2 Å². The highest BCUT2D eigenvalue weighted by atomic mass is 35.5. The molecule has 0 bridgehead atoms. The average molecular weight is 399 g/mol. The number of benzene rings is 1. The van der Waals surface area contributed by atoms with Crippen LogP contribution in [0.2, 0.25) is 0 Å². The van der Waals surface area contributed by atoms with Gasteiger partial charge in [0.05, 0.1) is 6.54 Å². The van der Waals surface area contributed by atoms with Gasteiger partial charge in [-0.05, 0) is 30.5 Å². The van der Waals surface area contributed by atoms with Crippen molar-refractivity contribution in [3.63, 3.8) is 0 Å². The Balaban J connectivity index is 0.00000261. The van der Waals surface area contributed by atoms with E-state index in [-0.39, 0.29) is 42.8 Å². The number of amides is 3. The minimum Gasteiger partial charge on any atom is -0.335 e. The van der Waals surface area contributed by atoms with Crippen LogP contribution in [0.15, 0.2) is 24.3 Å². The van der Waals surface area contributed by atoms with E-state index in [1.165, 1.54) is 18.6 Å². The van der Waals surface area contributed by atoms with E-state index in [1.54, 1.807) is 6.07 Å². The molecule has 1 heterocycles. The lowest BCUT2D eigenvalue weighted by molar-refractivity contribution is -0.122. The molecule has 3 amide bonds. The molecule has 1 unspecified atom stereocenters. The van der Waals surface area contributed by atoms with E-state index in [0.717, 1.165) is 37.8 Å². The Morgan fingerprint density at radius 3 is 2.74 bits per heavy atom. The SMILES string of the molecule is Cl.O=C(CN1CCNCC1c1cccc(F)c1)NC(=O)NC1CCCCC1. The van der Waals surface area contributed by atoms with Gasteiger partial charge in [-0.15, -0.1) is 12.4 Å². The maximum absolute atomic E-state index is 13.5. The predicted molar refractivity (Wildman–Crippen MR) is 104 cm³/mol. The van der Waals surface area contributed by atoms with E-state index in [1.807, 2.05) is 11.0 Å². The molecule has 1 saturated heterocycles. The zero-order chi connectivity index (χ0) is 18.4. The monoisotopic (exact) mass is 398 g/mol. The van der Waals surface area contributed by atoms with Gasteiger partial charge in [0.1, 0.15) is 5.82 Å². The summed E-state index contributed by atoms with van der Waals surface area (Å²) < 4.78 is 13.5. The summed E-state index contributed by atoms with van der Waals surface area (Å²) in [5, 5.41) is 8.59. The maximum atomic E-state index is 13.5. The summed E-state index contributed by atoms with van der Waals surface area (Å²) in [5.74, 6) is -0.619. The topological polar surface area (TPSA) is 73.5 Å². The summed E-state index contributed by atoms with van der Waals surface area (Å²) in [6.45, 7) is 2.18. The molecule has 2 aliphatic rings. The molecular weight excluding hydrogens is 371 g/mol. The fraction of sp³-hybridized carbons (Fsp3) is 0.579. The number of nitrogens with zero attached hydrogens (tertiary/aromatic N) is 1. The predicted octanol–water partition coefficient (Wildman–Crippen LogP) is 2.35. The quantitative estimate of drug-likeness (QED) is 0.728. The molecule has 1 aliphatic carbocycles. The first-order chi connectivity index (χ1) is 12.6. The third-order valence-corrected chi connectivity index (χ3v) is 5.13. The number of hydrogen-bond acceptors (Lipinski definition) is 4. The van der Waals surface area contributed by atoms with Crippen LogP contribution in [-0.2, 0) is 4.79 Å². The van der Waals surface area contributed by atoms with Gasteiger partial charge in [0.25, 0.3) is 0 Å². The van der Waals surface area contributed by atoms with Crippen molar-refractivity contribution in [1.29, 1.82) is 0 Å².